The Balaban J connectivity index is 1.47. The molecule has 12 nitrogen and oxygen atoms in total. The number of aromatic nitrogens is 3. The molecule has 4 rings (SSSR count). The number of ether oxygens (including phenoxy) is 3. The van der Waals surface area contributed by atoms with Gasteiger partial charge in [0, 0.05) is 56.8 Å². The van der Waals surface area contributed by atoms with E-state index in [-0.39, 0.29) is 47.6 Å². The molecule has 210 valence electrons. The van der Waals surface area contributed by atoms with Gasteiger partial charge in [-0.15, -0.1) is 0 Å². The minimum Gasteiger partial charge on any atom is -0.475 e. The van der Waals surface area contributed by atoms with Crippen molar-refractivity contribution in [2.45, 2.75) is 26.4 Å². The third kappa shape index (κ3) is 7.73. The van der Waals surface area contributed by atoms with E-state index in [2.05, 4.69) is 29.9 Å². The van der Waals surface area contributed by atoms with Gasteiger partial charge in [-0.05, 0) is 38.6 Å². The maximum atomic E-state index is 13.0. The molecule has 0 unspecified atom stereocenters. The van der Waals surface area contributed by atoms with Gasteiger partial charge in [-0.1, -0.05) is 6.07 Å². The molecule has 0 atom stereocenters. The van der Waals surface area contributed by atoms with Crippen molar-refractivity contribution in [3.05, 3.63) is 65.5 Å². The Bertz CT molecular complexity index is 1340. The number of nitrogens with one attached hydrogen (secondary N) is 1. The number of esters is 1. The van der Waals surface area contributed by atoms with Crippen LogP contribution in [0.4, 0.5) is 5.82 Å². The molecule has 3 aromatic rings. The van der Waals surface area contributed by atoms with Crippen molar-refractivity contribution >= 4 is 23.6 Å². The van der Waals surface area contributed by atoms with Crippen molar-refractivity contribution in [1.82, 2.24) is 24.8 Å². The predicted molar refractivity (Wildman–Crippen MR) is 146 cm³/mol. The maximum Gasteiger partial charge on any atom is 0.310 e. The summed E-state index contributed by atoms with van der Waals surface area (Å²) in [6.07, 6.45) is 2.84. The highest BCUT2D eigenvalue weighted by Gasteiger charge is 2.21. The average Bonchev–Trinajstić information content (AvgIpc) is 2.94. The zero-order chi connectivity index (χ0) is 28.6. The van der Waals surface area contributed by atoms with Gasteiger partial charge in [0.25, 0.3) is 11.8 Å². The van der Waals surface area contributed by atoms with Gasteiger partial charge < -0.3 is 29.3 Å². The molecule has 0 aliphatic carbocycles. The zero-order valence-corrected chi connectivity index (χ0v) is 22.9. The summed E-state index contributed by atoms with van der Waals surface area (Å²) in [5.74, 6) is -0.133. The van der Waals surface area contributed by atoms with Gasteiger partial charge in [-0.25, -0.2) is 9.97 Å². The molecule has 1 aliphatic heterocycles. The van der Waals surface area contributed by atoms with E-state index in [1.165, 1.54) is 31.6 Å². The lowest BCUT2D eigenvalue weighted by molar-refractivity contribution is -0.139. The molecule has 12 heteroatoms. The first kappa shape index (κ1) is 28.4. The SMILES string of the molecule is COC(=O)Cc1ccc(NC(=O)c2cc(Oc3ccc(C(=O)N4CCN(C)CC4)cn3)nc(OC(C)C)c2)nc1. The Morgan fingerprint density at radius 2 is 1.68 bits per heavy atom. The van der Waals surface area contributed by atoms with Crippen molar-refractivity contribution in [3.63, 3.8) is 0 Å². The standard InChI is InChI=1S/C28H32N6O6/c1-18(2)39-24-14-21(27(36)31-22-7-5-19(16-29-22)13-26(35)38-4)15-25(32-24)40-23-8-6-20(17-30-23)28(37)34-11-9-33(3)10-12-34/h5-8,14-18H,9-13H2,1-4H3,(H,29,31,36). The third-order valence-electron chi connectivity index (χ3n) is 6.02. The molecule has 2 amide bonds. The summed E-state index contributed by atoms with van der Waals surface area (Å²) >= 11 is 0. The molecule has 1 N–H and O–H groups in total. The van der Waals surface area contributed by atoms with Crippen molar-refractivity contribution in [3.8, 4) is 17.6 Å². The number of amides is 2. The Kier molecular flexibility index (Phi) is 9.23. The molecular formula is C28H32N6O6. The number of likely N-dealkylation sites (N-methyl/N-ethyl adjacent to an activating group) is 1. The summed E-state index contributed by atoms with van der Waals surface area (Å²) in [5, 5.41) is 2.71. The molecule has 4 heterocycles. The van der Waals surface area contributed by atoms with E-state index in [0.717, 1.165) is 13.1 Å². The van der Waals surface area contributed by atoms with Gasteiger partial charge in [0.2, 0.25) is 17.6 Å². The number of carbonyl (C=O) groups excluding carboxylic acids is 3. The summed E-state index contributed by atoms with van der Waals surface area (Å²) in [5.41, 5.74) is 1.34. The molecular weight excluding hydrogens is 516 g/mol. The third-order valence-corrected chi connectivity index (χ3v) is 6.02. The largest absolute Gasteiger partial charge is 0.475 e. The highest BCUT2D eigenvalue weighted by molar-refractivity contribution is 6.04. The summed E-state index contributed by atoms with van der Waals surface area (Å²) in [7, 11) is 3.35. The Labute approximate surface area is 232 Å². The molecule has 0 aromatic carbocycles. The normalized spacial score (nSPS) is 13.6. The van der Waals surface area contributed by atoms with Crippen LogP contribution < -0.4 is 14.8 Å². The Morgan fingerprint density at radius 3 is 2.30 bits per heavy atom. The highest BCUT2D eigenvalue weighted by atomic mass is 16.5. The molecule has 1 saturated heterocycles. The zero-order valence-electron chi connectivity index (χ0n) is 22.9. The number of hydrogen-bond acceptors (Lipinski definition) is 10. The van der Waals surface area contributed by atoms with E-state index in [0.29, 0.717) is 30.0 Å². The van der Waals surface area contributed by atoms with E-state index >= 15 is 0 Å². The molecule has 0 saturated carbocycles. The van der Waals surface area contributed by atoms with Crippen molar-refractivity contribution < 1.29 is 28.6 Å². The van der Waals surface area contributed by atoms with Gasteiger partial charge in [-0.3, -0.25) is 14.4 Å². The number of pyridine rings is 3. The number of anilines is 1. The van der Waals surface area contributed by atoms with Crippen LogP contribution in [-0.2, 0) is 16.0 Å². The van der Waals surface area contributed by atoms with Crippen LogP contribution in [0.2, 0.25) is 0 Å². The summed E-state index contributed by atoms with van der Waals surface area (Å²) < 4.78 is 16.2. The molecule has 1 aliphatic rings. The average molecular weight is 549 g/mol. The second kappa shape index (κ2) is 13.0. The molecule has 40 heavy (non-hydrogen) atoms. The molecule has 0 spiro atoms. The number of hydrogen-bond donors (Lipinski definition) is 1. The van der Waals surface area contributed by atoms with Crippen LogP contribution in [0, 0.1) is 0 Å². The lowest BCUT2D eigenvalue weighted by Gasteiger charge is -2.32. The Morgan fingerprint density at radius 1 is 0.925 bits per heavy atom. The highest BCUT2D eigenvalue weighted by Crippen LogP contribution is 2.24. The van der Waals surface area contributed by atoms with Crippen LogP contribution in [-0.4, -0.2) is 89.0 Å². The molecule has 0 bridgehead atoms. The van der Waals surface area contributed by atoms with Gasteiger partial charge >= 0.3 is 5.97 Å². The van der Waals surface area contributed by atoms with E-state index in [1.54, 1.807) is 29.2 Å². The number of piperazine rings is 1. The molecule has 3 aromatic heterocycles. The first-order chi connectivity index (χ1) is 19.2. The minimum absolute atomic E-state index is 0.0801. The van der Waals surface area contributed by atoms with Gasteiger partial charge in [0.1, 0.15) is 5.82 Å². The fraction of sp³-hybridized carbons (Fsp3) is 0.357. The topological polar surface area (TPSA) is 136 Å². The monoisotopic (exact) mass is 548 g/mol. The molecule has 0 radical (unpaired) electrons. The maximum absolute atomic E-state index is 13.0. The van der Waals surface area contributed by atoms with Crippen LogP contribution in [0.5, 0.6) is 17.6 Å². The molecule has 1 fully saturated rings. The number of carbonyl (C=O) groups is 3. The van der Waals surface area contributed by atoms with Crippen molar-refractivity contribution in [2.75, 3.05) is 45.7 Å². The smallest absolute Gasteiger partial charge is 0.310 e. The first-order valence-corrected chi connectivity index (χ1v) is 12.8. The number of rotatable bonds is 9. The number of methoxy groups -OCH3 is 1. The summed E-state index contributed by atoms with van der Waals surface area (Å²) in [6.45, 7) is 6.66. The van der Waals surface area contributed by atoms with Crippen LogP contribution in [0.25, 0.3) is 0 Å². The van der Waals surface area contributed by atoms with Gasteiger partial charge in [-0.2, -0.15) is 4.98 Å². The number of nitrogens with zero attached hydrogens (tertiary/aromatic N) is 5. The fourth-order valence-electron chi connectivity index (χ4n) is 3.86. The van der Waals surface area contributed by atoms with Gasteiger partial charge in [0.05, 0.1) is 30.8 Å². The van der Waals surface area contributed by atoms with Crippen molar-refractivity contribution in [1.29, 1.82) is 0 Å². The lowest BCUT2D eigenvalue weighted by atomic mass is 10.2. The first-order valence-electron chi connectivity index (χ1n) is 12.8. The van der Waals surface area contributed by atoms with E-state index in [4.69, 9.17) is 9.47 Å². The van der Waals surface area contributed by atoms with Gasteiger partial charge in [0.15, 0.2) is 0 Å². The van der Waals surface area contributed by atoms with Crippen LogP contribution in [0.15, 0.2) is 48.8 Å². The predicted octanol–water partition coefficient (Wildman–Crippen LogP) is 2.81. The van der Waals surface area contributed by atoms with Crippen LogP contribution >= 0.6 is 0 Å². The second-order valence-electron chi connectivity index (χ2n) is 9.54. The quantitative estimate of drug-likeness (QED) is 0.398. The van der Waals surface area contributed by atoms with Crippen molar-refractivity contribution in [2.24, 2.45) is 0 Å². The lowest BCUT2D eigenvalue weighted by Crippen LogP contribution is -2.47. The second-order valence-corrected chi connectivity index (χ2v) is 9.54. The van der Waals surface area contributed by atoms with E-state index in [1.807, 2.05) is 20.9 Å². The van der Waals surface area contributed by atoms with Crippen LogP contribution in [0.3, 0.4) is 0 Å². The minimum atomic E-state index is -0.463. The Hall–Kier alpha value is -4.58. The van der Waals surface area contributed by atoms with E-state index < -0.39 is 5.91 Å². The summed E-state index contributed by atoms with van der Waals surface area (Å²) in [6, 6.07) is 9.46. The fourth-order valence-corrected chi connectivity index (χ4v) is 3.86. The van der Waals surface area contributed by atoms with E-state index in [9.17, 15) is 14.4 Å². The van der Waals surface area contributed by atoms with Crippen LogP contribution in [0.1, 0.15) is 40.1 Å². The summed E-state index contributed by atoms with van der Waals surface area (Å²) in [4.78, 5) is 54.1.